The summed E-state index contributed by atoms with van der Waals surface area (Å²) in [7, 11) is 1.74. The standard InChI is InChI=1S/C10H20F2N2O.ClH/c1-4-5-14(7-9(11)12)10(15)8(2)6-13-3;/h8-9,13H,4-7H2,1-3H3;1H. The molecule has 0 aliphatic heterocycles. The van der Waals surface area contributed by atoms with Gasteiger partial charge in [0.2, 0.25) is 5.91 Å². The van der Waals surface area contributed by atoms with Gasteiger partial charge in [-0.1, -0.05) is 13.8 Å². The summed E-state index contributed by atoms with van der Waals surface area (Å²) < 4.78 is 24.4. The maximum absolute atomic E-state index is 12.2. The van der Waals surface area contributed by atoms with E-state index in [0.29, 0.717) is 19.5 Å². The number of amides is 1. The van der Waals surface area contributed by atoms with E-state index in [1.807, 2.05) is 6.92 Å². The SMILES string of the molecule is CCCN(CC(F)F)C(=O)C(C)CNC.Cl. The third-order valence-corrected chi connectivity index (χ3v) is 2.10. The maximum Gasteiger partial charge on any atom is 0.255 e. The first-order valence-electron chi connectivity index (χ1n) is 5.24. The van der Waals surface area contributed by atoms with Gasteiger partial charge in [-0.3, -0.25) is 4.79 Å². The van der Waals surface area contributed by atoms with Gasteiger partial charge in [-0.15, -0.1) is 12.4 Å². The fourth-order valence-electron chi connectivity index (χ4n) is 1.43. The fourth-order valence-corrected chi connectivity index (χ4v) is 1.43. The van der Waals surface area contributed by atoms with Gasteiger partial charge in [0, 0.05) is 19.0 Å². The number of carbonyl (C=O) groups is 1. The van der Waals surface area contributed by atoms with Crippen LogP contribution in [-0.2, 0) is 4.79 Å². The first-order valence-corrected chi connectivity index (χ1v) is 5.24. The number of hydrogen-bond donors (Lipinski definition) is 1. The third-order valence-electron chi connectivity index (χ3n) is 2.10. The molecule has 0 radical (unpaired) electrons. The Balaban J connectivity index is 0. The normalized spacial score (nSPS) is 12.1. The van der Waals surface area contributed by atoms with Gasteiger partial charge in [0.15, 0.2) is 0 Å². The highest BCUT2D eigenvalue weighted by molar-refractivity contribution is 5.85. The summed E-state index contributed by atoms with van der Waals surface area (Å²) >= 11 is 0. The Hall–Kier alpha value is -0.420. The second-order valence-electron chi connectivity index (χ2n) is 3.63. The van der Waals surface area contributed by atoms with E-state index < -0.39 is 13.0 Å². The summed E-state index contributed by atoms with van der Waals surface area (Å²) in [6.45, 7) is 4.07. The lowest BCUT2D eigenvalue weighted by atomic mass is 10.1. The van der Waals surface area contributed by atoms with Gasteiger partial charge in [0.25, 0.3) is 6.43 Å². The highest BCUT2D eigenvalue weighted by Crippen LogP contribution is 2.06. The molecule has 1 amide bonds. The number of nitrogens with one attached hydrogen (secondary N) is 1. The fraction of sp³-hybridized carbons (Fsp3) is 0.900. The van der Waals surface area contributed by atoms with Crippen molar-refractivity contribution in [1.82, 2.24) is 10.2 Å². The van der Waals surface area contributed by atoms with E-state index in [2.05, 4.69) is 5.32 Å². The summed E-state index contributed by atoms with van der Waals surface area (Å²) in [6.07, 6.45) is -1.76. The molecule has 16 heavy (non-hydrogen) atoms. The van der Waals surface area contributed by atoms with E-state index in [1.165, 1.54) is 4.90 Å². The van der Waals surface area contributed by atoms with Gasteiger partial charge >= 0.3 is 0 Å². The van der Waals surface area contributed by atoms with E-state index in [0.717, 1.165) is 0 Å². The van der Waals surface area contributed by atoms with E-state index in [9.17, 15) is 13.6 Å². The number of hydrogen-bond acceptors (Lipinski definition) is 2. The summed E-state index contributed by atoms with van der Waals surface area (Å²) in [5.41, 5.74) is 0. The second-order valence-corrected chi connectivity index (χ2v) is 3.63. The molecule has 98 valence electrons. The van der Waals surface area contributed by atoms with Crippen LogP contribution in [-0.4, -0.2) is 43.9 Å². The van der Waals surface area contributed by atoms with Crippen molar-refractivity contribution in [3.05, 3.63) is 0 Å². The van der Waals surface area contributed by atoms with Crippen LogP contribution in [0.1, 0.15) is 20.3 Å². The monoisotopic (exact) mass is 258 g/mol. The van der Waals surface area contributed by atoms with E-state index in [-0.39, 0.29) is 24.2 Å². The van der Waals surface area contributed by atoms with Crippen LogP contribution in [0.3, 0.4) is 0 Å². The zero-order valence-corrected chi connectivity index (χ0v) is 10.8. The molecule has 0 aliphatic carbocycles. The van der Waals surface area contributed by atoms with Crippen LogP contribution in [0.2, 0.25) is 0 Å². The Morgan fingerprint density at radius 2 is 2.00 bits per heavy atom. The molecule has 0 aromatic heterocycles. The molecule has 0 heterocycles. The van der Waals surface area contributed by atoms with Crippen molar-refractivity contribution in [3.63, 3.8) is 0 Å². The minimum absolute atomic E-state index is 0. The largest absolute Gasteiger partial charge is 0.337 e. The topological polar surface area (TPSA) is 32.3 Å². The molecule has 0 fully saturated rings. The van der Waals surface area contributed by atoms with E-state index in [4.69, 9.17) is 0 Å². The molecule has 1 unspecified atom stereocenters. The van der Waals surface area contributed by atoms with Crippen LogP contribution in [0.5, 0.6) is 0 Å². The molecule has 0 aromatic rings. The number of carbonyl (C=O) groups excluding carboxylic acids is 1. The molecule has 0 spiro atoms. The number of halogens is 3. The molecule has 0 rings (SSSR count). The van der Waals surface area contributed by atoms with Crippen LogP contribution in [0.25, 0.3) is 0 Å². The van der Waals surface area contributed by atoms with E-state index >= 15 is 0 Å². The molecule has 1 N–H and O–H groups in total. The lowest BCUT2D eigenvalue weighted by Gasteiger charge is -2.24. The molecule has 0 saturated carbocycles. The first kappa shape index (κ1) is 18.0. The first-order chi connectivity index (χ1) is 7.02. The zero-order valence-electron chi connectivity index (χ0n) is 10.0. The van der Waals surface area contributed by atoms with Gasteiger partial charge in [-0.25, -0.2) is 8.78 Å². The molecule has 6 heteroatoms. The minimum atomic E-state index is -2.46. The van der Waals surface area contributed by atoms with Crippen LogP contribution >= 0.6 is 12.4 Å². The predicted octanol–water partition coefficient (Wildman–Crippen LogP) is 1.77. The smallest absolute Gasteiger partial charge is 0.255 e. The zero-order chi connectivity index (χ0) is 11.8. The minimum Gasteiger partial charge on any atom is -0.337 e. The van der Waals surface area contributed by atoms with Gasteiger partial charge in [0.1, 0.15) is 0 Å². The average molecular weight is 259 g/mol. The average Bonchev–Trinajstić information content (AvgIpc) is 2.16. The molecule has 0 bridgehead atoms. The van der Waals surface area contributed by atoms with Gasteiger partial charge in [-0.2, -0.15) is 0 Å². The molecule has 0 saturated heterocycles. The van der Waals surface area contributed by atoms with Crippen molar-refractivity contribution in [2.24, 2.45) is 5.92 Å². The van der Waals surface area contributed by atoms with E-state index in [1.54, 1.807) is 14.0 Å². The highest BCUT2D eigenvalue weighted by Gasteiger charge is 2.21. The molecule has 0 aromatic carbocycles. The van der Waals surface area contributed by atoms with Crippen molar-refractivity contribution in [2.45, 2.75) is 26.7 Å². The van der Waals surface area contributed by atoms with Gasteiger partial charge in [0.05, 0.1) is 6.54 Å². The molecule has 0 aliphatic rings. The van der Waals surface area contributed by atoms with Crippen LogP contribution in [0.15, 0.2) is 0 Å². The van der Waals surface area contributed by atoms with Crippen molar-refractivity contribution in [3.8, 4) is 0 Å². The quantitative estimate of drug-likeness (QED) is 0.755. The summed E-state index contributed by atoms with van der Waals surface area (Å²) in [5.74, 6) is -0.452. The molecule has 3 nitrogen and oxygen atoms in total. The van der Waals surface area contributed by atoms with Crippen LogP contribution < -0.4 is 5.32 Å². The summed E-state index contributed by atoms with van der Waals surface area (Å²) in [4.78, 5) is 13.0. The molecule has 1 atom stereocenters. The lowest BCUT2D eigenvalue weighted by Crippen LogP contribution is -2.41. The lowest BCUT2D eigenvalue weighted by molar-refractivity contribution is -0.136. The Morgan fingerprint density at radius 1 is 1.44 bits per heavy atom. The molecular weight excluding hydrogens is 238 g/mol. The maximum atomic E-state index is 12.2. The van der Waals surface area contributed by atoms with Crippen molar-refractivity contribution in [2.75, 3.05) is 26.7 Å². The number of alkyl halides is 2. The second kappa shape index (κ2) is 9.78. The van der Waals surface area contributed by atoms with Crippen LogP contribution in [0.4, 0.5) is 8.78 Å². The highest BCUT2D eigenvalue weighted by atomic mass is 35.5. The molecular formula is C10H21ClF2N2O. The van der Waals surface area contributed by atoms with Crippen LogP contribution in [0, 0.1) is 5.92 Å². The van der Waals surface area contributed by atoms with Crippen molar-refractivity contribution < 1.29 is 13.6 Å². The van der Waals surface area contributed by atoms with Gasteiger partial charge in [-0.05, 0) is 13.5 Å². The number of rotatable bonds is 7. The van der Waals surface area contributed by atoms with Crippen molar-refractivity contribution >= 4 is 18.3 Å². The Bertz CT molecular complexity index is 194. The van der Waals surface area contributed by atoms with Gasteiger partial charge < -0.3 is 10.2 Å². The van der Waals surface area contributed by atoms with Crippen molar-refractivity contribution in [1.29, 1.82) is 0 Å². The summed E-state index contributed by atoms with van der Waals surface area (Å²) in [6, 6.07) is 0. The Morgan fingerprint density at radius 3 is 2.38 bits per heavy atom. The predicted molar refractivity (Wildman–Crippen MR) is 63.2 cm³/mol. The summed E-state index contributed by atoms with van der Waals surface area (Å²) in [5, 5.41) is 2.86. The number of nitrogens with zero attached hydrogens (tertiary/aromatic N) is 1. The Labute approximate surface area is 102 Å². The third kappa shape index (κ3) is 6.95. The Kier molecular flexibility index (Phi) is 11.0.